The molecule has 0 bridgehead atoms. The first-order valence-electron chi connectivity index (χ1n) is 10.8. The molecule has 0 radical (unpaired) electrons. The van der Waals surface area contributed by atoms with Gasteiger partial charge >= 0.3 is 0 Å². The summed E-state index contributed by atoms with van der Waals surface area (Å²) in [4.78, 5) is 31.6. The maximum Gasteiger partial charge on any atom is 0.255 e. The van der Waals surface area contributed by atoms with Crippen LogP contribution < -0.4 is 5.32 Å². The fraction of sp³-hybridized carbons (Fsp3) is 0.269. The van der Waals surface area contributed by atoms with Gasteiger partial charge in [-0.15, -0.1) is 0 Å². The van der Waals surface area contributed by atoms with E-state index in [1.54, 1.807) is 12.3 Å². The fourth-order valence-corrected chi connectivity index (χ4v) is 4.08. The Labute approximate surface area is 183 Å². The van der Waals surface area contributed by atoms with Gasteiger partial charge in [0.2, 0.25) is 0 Å². The van der Waals surface area contributed by atoms with E-state index in [0.29, 0.717) is 24.2 Å². The summed E-state index contributed by atoms with van der Waals surface area (Å²) in [5, 5.41) is 3.05. The van der Waals surface area contributed by atoms with Gasteiger partial charge in [-0.05, 0) is 61.1 Å². The van der Waals surface area contributed by atoms with Crippen molar-refractivity contribution in [2.75, 3.05) is 19.6 Å². The average Bonchev–Trinajstić information content (AvgIpc) is 2.83. The van der Waals surface area contributed by atoms with Gasteiger partial charge in [0.25, 0.3) is 11.8 Å². The van der Waals surface area contributed by atoms with Crippen molar-refractivity contribution in [3.63, 3.8) is 0 Å². The van der Waals surface area contributed by atoms with Gasteiger partial charge in [0.1, 0.15) is 0 Å². The molecule has 5 heteroatoms. The number of hydrogen-bond acceptors (Lipinski definition) is 3. The Hall–Kier alpha value is -3.47. The molecule has 158 valence electrons. The minimum absolute atomic E-state index is 0.0260. The molecule has 0 saturated carbocycles. The molecule has 1 unspecified atom stereocenters. The van der Waals surface area contributed by atoms with E-state index in [-0.39, 0.29) is 17.7 Å². The van der Waals surface area contributed by atoms with Crippen LogP contribution in [0, 0.1) is 12.8 Å². The zero-order chi connectivity index (χ0) is 21.6. The second-order valence-electron chi connectivity index (χ2n) is 8.05. The van der Waals surface area contributed by atoms with E-state index in [1.165, 1.54) is 0 Å². The van der Waals surface area contributed by atoms with Gasteiger partial charge in [-0.3, -0.25) is 14.6 Å². The number of pyridine rings is 1. The number of piperidine rings is 1. The summed E-state index contributed by atoms with van der Waals surface area (Å²) < 4.78 is 0. The standard InChI is InChI=1S/C26H27N3O2/c1-19-24(10-5-15-27-19)26(31)29-16-6-7-20(18-29)17-28-25(30)23-13-11-22(12-14-23)21-8-3-2-4-9-21/h2-5,8-15,20H,6-7,16-18H2,1H3,(H,28,30). The molecule has 2 amide bonds. The zero-order valence-corrected chi connectivity index (χ0v) is 17.8. The zero-order valence-electron chi connectivity index (χ0n) is 17.8. The molecule has 4 rings (SSSR count). The van der Waals surface area contributed by atoms with Gasteiger partial charge in [0.05, 0.1) is 5.56 Å². The van der Waals surface area contributed by atoms with E-state index in [2.05, 4.69) is 22.4 Å². The van der Waals surface area contributed by atoms with Gasteiger partial charge in [-0.25, -0.2) is 0 Å². The first-order valence-corrected chi connectivity index (χ1v) is 10.8. The van der Waals surface area contributed by atoms with Crippen LogP contribution in [0.3, 0.4) is 0 Å². The number of likely N-dealkylation sites (tertiary alicyclic amines) is 1. The Morgan fingerprint density at radius 1 is 1.00 bits per heavy atom. The Balaban J connectivity index is 1.33. The molecule has 1 fully saturated rings. The number of rotatable bonds is 5. The van der Waals surface area contributed by atoms with Crippen LogP contribution in [0.15, 0.2) is 72.9 Å². The van der Waals surface area contributed by atoms with E-state index in [1.807, 2.05) is 60.4 Å². The van der Waals surface area contributed by atoms with Crippen LogP contribution in [-0.2, 0) is 0 Å². The normalized spacial score (nSPS) is 16.0. The molecule has 1 N–H and O–H groups in total. The minimum atomic E-state index is -0.0776. The summed E-state index contributed by atoms with van der Waals surface area (Å²) in [6, 6.07) is 21.4. The fourth-order valence-electron chi connectivity index (χ4n) is 4.08. The summed E-state index contributed by atoms with van der Waals surface area (Å²) in [7, 11) is 0. The van der Waals surface area contributed by atoms with E-state index in [0.717, 1.165) is 36.2 Å². The lowest BCUT2D eigenvalue weighted by Crippen LogP contribution is -2.44. The molecular formula is C26H27N3O2. The maximum absolute atomic E-state index is 12.9. The molecule has 0 spiro atoms. The molecule has 1 atom stereocenters. The third-order valence-corrected chi connectivity index (χ3v) is 5.85. The predicted molar refractivity (Wildman–Crippen MR) is 122 cm³/mol. The number of benzene rings is 2. The van der Waals surface area contributed by atoms with Crippen LogP contribution in [-0.4, -0.2) is 41.3 Å². The highest BCUT2D eigenvalue weighted by atomic mass is 16.2. The summed E-state index contributed by atoms with van der Waals surface area (Å²) in [5.41, 5.74) is 4.27. The number of amides is 2. The quantitative estimate of drug-likeness (QED) is 0.677. The summed E-state index contributed by atoms with van der Waals surface area (Å²) >= 11 is 0. The molecule has 0 aliphatic carbocycles. The number of aryl methyl sites for hydroxylation is 1. The van der Waals surface area contributed by atoms with Crippen molar-refractivity contribution in [1.29, 1.82) is 0 Å². The lowest BCUT2D eigenvalue weighted by molar-refractivity contribution is 0.0669. The summed E-state index contributed by atoms with van der Waals surface area (Å²) in [5.74, 6) is 0.200. The van der Waals surface area contributed by atoms with Gasteiger partial charge < -0.3 is 10.2 Å². The highest BCUT2D eigenvalue weighted by Gasteiger charge is 2.25. The molecule has 31 heavy (non-hydrogen) atoms. The molecule has 1 aliphatic heterocycles. The number of hydrogen-bond donors (Lipinski definition) is 1. The van der Waals surface area contributed by atoms with E-state index in [9.17, 15) is 9.59 Å². The van der Waals surface area contributed by atoms with Gasteiger partial charge in [0, 0.05) is 37.1 Å². The van der Waals surface area contributed by atoms with E-state index >= 15 is 0 Å². The van der Waals surface area contributed by atoms with E-state index in [4.69, 9.17) is 0 Å². The molecule has 2 heterocycles. The average molecular weight is 414 g/mol. The second-order valence-corrected chi connectivity index (χ2v) is 8.05. The first kappa shape index (κ1) is 20.8. The third kappa shape index (κ3) is 5.00. The van der Waals surface area contributed by atoms with Gasteiger partial charge in [0.15, 0.2) is 0 Å². The van der Waals surface area contributed by atoms with Crippen molar-refractivity contribution in [2.45, 2.75) is 19.8 Å². The number of nitrogens with zero attached hydrogens (tertiary/aromatic N) is 2. The first-order chi connectivity index (χ1) is 15.1. The van der Waals surface area contributed by atoms with E-state index < -0.39 is 0 Å². The van der Waals surface area contributed by atoms with Crippen molar-refractivity contribution in [3.05, 3.63) is 89.7 Å². The molecule has 5 nitrogen and oxygen atoms in total. The topological polar surface area (TPSA) is 62.3 Å². The van der Waals surface area contributed by atoms with Crippen molar-refractivity contribution < 1.29 is 9.59 Å². The van der Waals surface area contributed by atoms with Crippen LogP contribution in [0.25, 0.3) is 11.1 Å². The second kappa shape index (κ2) is 9.56. The van der Waals surface area contributed by atoms with Crippen molar-refractivity contribution in [1.82, 2.24) is 15.2 Å². The third-order valence-electron chi connectivity index (χ3n) is 5.85. The molecule has 3 aromatic rings. The lowest BCUT2D eigenvalue weighted by Gasteiger charge is -2.33. The molecule has 1 aliphatic rings. The number of aromatic nitrogens is 1. The largest absolute Gasteiger partial charge is 0.352 e. The van der Waals surface area contributed by atoms with Crippen LogP contribution >= 0.6 is 0 Å². The van der Waals surface area contributed by atoms with Crippen LogP contribution in [0.1, 0.15) is 39.3 Å². The number of carbonyl (C=O) groups is 2. The van der Waals surface area contributed by atoms with Gasteiger partial charge in [-0.1, -0.05) is 42.5 Å². The Kier molecular flexibility index (Phi) is 6.41. The van der Waals surface area contributed by atoms with Crippen molar-refractivity contribution in [2.24, 2.45) is 5.92 Å². The molecular weight excluding hydrogens is 386 g/mol. The van der Waals surface area contributed by atoms with Crippen LogP contribution in [0.5, 0.6) is 0 Å². The molecule has 1 aromatic heterocycles. The Bertz CT molecular complexity index is 1050. The Morgan fingerprint density at radius 3 is 2.48 bits per heavy atom. The monoisotopic (exact) mass is 413 g/mol. The smallest absolute Gasteiger partial charge is 0.255 e. The molecule has 2 aromatic carbocycles. The van der Waals surface area contributed by atoms with Crippen molar-refractivity contribution in [3.8, 4) is 11.1 Å². The minimum Gasteiger partial charge on any atom is -0.352 e. The van der Waals surface area contributed by atoms with Crippen molar-refractivity contribution >= 4 is 11.8 Å². The number of nitrogens with one attached hydrogen (secondary N) is 1. The highest BCUT2D eigenvalue weighted by Crippen LogP contribution is 2.21. The number of carbonyl (C=O) groups excluding carboxylic acids is 2. The Morgan fingerprint density at radius 2 is 1.74 bits per heavy atom. The summed E-state index contributed by atoms with van der Waals surface area (Å²) in [6.45, 7) is 3.83. The van der Waals surface area contributed by atoms with Crippen LogP contribution in [0.2, 0.25) is 0 Å². The molecule has 1 saturated heterocycles. The predicted octanol–water partition coefficient (Wildman–Crippen LogP) is 4.34. The lowest BCUT2D eigenvalue weighted by atomic mass is 9.97. The van der Waals surface area contributed by atoms with Gasteiger partial charge in [-0.2, -0.15) is 0 Å². The van der Waals surface area contributed by atoms with Crippen LogP contribution in [0.4, 0.5) is 0 Å². The maximum atomic E-state index is 12.9. The summed E-state index contributed by atoms with van der Waals surface area (Å²) in [6.07, 6.45) is 3.65. The highest BCUT2D eigenvalue weighted by molar-refractivity contribution is 5.95. The SMILES string of the molecule is Cc1ncccc1C(=O)N1CCCC(CNC(=O)c2ccc(-c3ccccc3)cc2)C1.